The van der Waals surface area contributed by atoms with Crippen molar-refractivity contribution in [1.29, 1.82) is 0 Å². The number of nitrogens with one attached hydrogen (secondary N) is 1. The van der Waals surface area contributed by atoms with Gasteiger partial charge in [-0.1, -0.05) is 0 Å². The van der Waals surface area contributed by atoms with Crippen LogP contribution in [-0.2, 0) is 6.54 Å². The molecule has 0 spiro atoms. The molecule has 8 heteroatoms. The largest absolute Gasteiger partial charge is 0.366 e. The third-order valence-electron chi connectivity index (χ3n) is 2.63. The number of nitrogens with two attached hydrogens (primary N) is 2. The van der Waals surface area contributed by atoms with Crippen molar-refractivity contribution in [3.8, 4) is 0 Å². The fourth-order valence-corrected chi connectivity index (χ4v) is 2.55. The lowest BCUT2D eigenvalue weighted by molar-refractivity contribution is 0.0956. The molecule has 2 heterocycles. The van der Waals surface area contributed by atoms with E-state index in [1.54, 1.807) is 16.9 Å². The highest BCUT2D eigenvalue weighted by Gasteiger charge is 2.12. The van der Waals surface area contributed by atoms with Crippen LogP contribution in [0.1, 0.15) is 30.5 Å². The molecule has 19 heavy (non-hydrogen) atoms. The van der Waals surface area contributed by atoms with Crippen molar-refractivity contribution in [1.82, 2.24) is 15.2 Å². The van der Waals surface area contributed by atoms with Crippen molar-refractivity contribution >= 4 is 23.2 Å². The molecule has 0 aliphatic carbocycles. The van der Waals surface area contributed by atoms with Crippen LogP contribution in [-0.4, -0.2) is 21.6 Å². The molecular formula is C11H13N5O2S. The Bertz CT molecular complexity index is 631. The SMILES string of the molecule is Cc1sc(C(=O)NN)cc1Cn1cc(C(N)=O)cn1. The quantitative estimate of drug-likeness (QED) is 0.415. The zero-order chi connectivity index (χ0) is 14.0. The third kappa shape index (κ3) is 2.80. The van der Waals surface area contributed by atoms with E-state index in [4.69, 9.17) is 11.6 Å². The van der Waals surface area contributed by atoms with Gasteiger partial charge in [-0.15, -0.1) is 11.3 Å². The number of hydrogen-bond donors (Lipinski definition) is 3. The maximum atomic E-state index is 11.4. The molecule has 0 saturated heterocycles. The number of aryl methyl sites for hydroxylation is 1. The molecule has 0 atom stereocenters. The highest BCUT2D eigenvalue weighted by molar-refractivity contribution is 7.14. The highest BCUT2D eigenvalue weighted by atomic mass is 32.1. The van der Waals surface area contributed by atoms with Gasteiger partial charge in [-0.2, -0.15) is 5.10 Å². The number of thiophene rings is 1. The Balaban J connectivity index is 2.20. The van der Waals surface area contributed by atoms with Crippen LogP contribution in [0.5, 0.6) is 0 Å². The molecule has 0 aliphatic heterocycles. The van der Waals surface area contributed by atoms with Gasteiger partial charge in [-0.05, 0) is 18.6 Å². The van der Waals surface area contributed by atoms with Crippen LogP contribution >= 0.6 is 11.3 Å². The Kier molecular flexibility index (Phi) is 3.63. The van der Waals surface area contributed by atoms with Crippen LogP contribution in [0.15, 0.2) is 18.5 Å². The first-order valence-electron chi connectivity index (χ1n) is 5.43. The van der Waals surface area contributed by atoms with Gasteiger partial charge in [0.25, 0.3) is 11.8 Å². The second kappa shape index (κ2) is 5.21. The molecule has 2 rings (SSSR count). The average molecular weight is 279 g/mol. The van der Waals surface area contributed by atoms with Crippen LogP contribution < -0.4 is 17.0 Å². The molecule has 0 aliphatic rings. The van der Waals surface area contributed by atoms with Gasteiger partial charge in [0.05, 0.1) is 23.2 Å². The molecule has 2 aromatic rings. The number of primary amides is 1. The summed E-state index contributed by atoms with van der Waals surface area (Å²) in [6.45, 7) is 2.37. The molecule has 0 saturated carbocycles. The zero-order valence-electron chi connectivity index (χ0n) is 10.2. The molecule has 0 radical (unpaired) electrons. The molecule has 0 aromatic carbocycles. The highest BCUT2D eigenvalue weighted by Crippen LogP contribution is 2.22. The first-order chi connectivity index (χ1) is 9.01. The van der Waals surface area contributed by atoms with E-state index in [9.17, 15) is 9.59 Å². The van der Waals surface area contributed by atoms with E-state index in [1.807, 2.05) is 6.92 Å². The Labute approximate surface area is 113 Å². The molecule has 0 fully saturated rings. The minimum absolute atomic E-state index is 0.322. The first-order valence-corrected chi connectivity index (χ1v) is 6.25. The minimum atomic E-state index is -0.517. The lowest BCUT2D eigenvalue weighted by Crippen LogP contribution is -2.29. The second-order valence-electron chi connectivity index (χ2n) is 3.96. The minimum Gasteiger partial charge on any atom is -0.366 e. The van der Waals surface area contributed by atoms with Crippen molar-refractivity contribution in [2.75, 3.05) is 0 Å². The lowest BCUT2D eigenvalue weighted by atomic mass is 10.2. The summed E-state index contributed by atoms with van der Waals surface area (Å²) >= 11 is 1.35. The lowest BCUT2D eigenvalue weighted by Gasteiger charge is -1.99. The van der Waals surface area contributed by atoms with Gasteiger partial charge >= 0.3 is 0 Å². The number of rotatable bonds is 4. The van der Waals surface area contributed by atoms with E-state index in [2.05, 4.69) is 10.5 Å². The predicted molar refractivity (Wildman–Crippen MR) is 70.6 cm³/mol. The second-order valence-corrected chi connectivity index (χ2v) is 5.21. The maximum absolute atomic E-state index is 11.4. The van der Waals surface area contributed by atoms with E-state index in [0.717, 1.165) is 10.4 Å². The van der Waals surface area contributed by atoms with Crippen molar-refractivity contribution in [3.63, 3.8) is 0 Å². The van der Waals surface area contributed by atoms with Crippen molar-refractivity contribution in [3.05, 3.63) is 39.3 Å². The van der Waals surface area contributed by atoms with Crippen LogP contribution in [0.4, 0.5) is 0 Å². The van der Waals surface area contributed by atoms with Crippen molar-refractivity contribution in [2.24, 2.45) is 11.6 Å². The van der Waals surface area contributed by atoms with Crippen LogP contribution in [0.3, 0.4) is 0 Å². The number of aromatic nitrogens is 2. The fraction of sp³-hybridized carbons (Fsp3) is 0.182. The number of amides is 2. The van der Waals surface area contributed by atoms with Gasteiger partial charge in [-0.25, -0.2) is 5.84 Å². The Morgan fingerprint density at radius 3 is 2.84 bits per heavy atom. The topological polar surface area (TPSA) is 116 Å². The molecule has 0 unspecified atom stereocenters. The van der Waals surface area contributed by atoms with E-state index in [1.165, 1.54) is 17.5 Å². The van der Waals surface area contributed by atoms with E-state index in [0.29, 0.717) is 17.0 Å². The van der Waals surface area contributed by atoms with Crippen LogP contribution in [0, 0.1) is 6.92 Å². The summed E-state index contributed by atoms with van der Waals surface area (Å²) in [5, 5.41) is 4.04. The number of hydrogen-bond acceptors (Lipinski definition) is 5. The standard InChI is InChI=1S/C11H13N5O2S/c1-6-7(2-9(19-6)11(18)15-13)4-16-5-8(3-14-16)10(12)17/h2-3,5H,4,13H2,1H3,(H2,12,17)(H,15,18). The van der Waals surface area contributed by atoms with Gasteiger partial charge < -0.3 is 5.73 Å². The average Bonchev–Trinajstić information content (AvgIpc) is 2.97. The van der Waals surface area contributed by atoms with Gasteiger partial charge in [-0.3, -0.25) is 19.7 Å². The van der Waals surface area contributed by atoms with E-state index < -0.39 is 5.91 Å². The summed E-state index contributed by atoms with van der Waals surface area (Å²) in [6, 6.07) is 1.76. The normalized spacial score (nSPS) is 10.4. The molecule has 0 bridgehead atoms. The van der Waals surface area contributed by atoms with Crippen molar-refractivity contribution in [2.45, 2.75) is 13.5 Å². The summed E-state index contributed by atoms with van der Waals surface area (Å²) in [7, 11) is 0. The molecule has 5 N–H and O–H groups in total. The molecule has 7 nitrogen and oxygen atoms in total. The summed E-state index contributed by atoms with van der Waals surface area (Å²) in [5.74, 6) is 4.25. The van der Waals surface area contributed by atoms with Gasteiger partial charge in [0.1, 0.15) is 0 Å². The smallest absolute Gasteiger partial charge is 0.275 e. The number of nitrogens with zero attached hydrogens (tertiary/aromatic N) is 2. The van der Waals surface area contributed by atoms with Crippen LogP contribution in [0.2, 0.25) is 0 Å². The fourth-order valence-electron chi connectivity index (χ4n) is 1.61. The maximum Gasteiger partial charge on any atom is 0.275 e. The molecular weight excluding hydrogens is 266 g/mol. The van der Waals surface area contributed by atoms with E-state index >= 15 is 0 Å². The Morgan fingerprint density at radius 2 is 2.26 bits per heavy atom. The predicted octanol–water partition coefficient (Wildman–Crippen LogP) is 0.00372. The van der Waals surface area contributed by atoms with Crippen LogP contribution in [0.25, 0.3) is 0 Å². The van der Waals surface area contributed by atoms with Gasteiger partial charge in [0.15, 0.2) is 0 Å². The molecule has 2 amide bonds. The van der Waals surface area contributed by atoms with Gasteiger partial charge in [0.2, 0.25) is 0 Å². The first kappa shape index (κ1) is 13.2. The summed E-state index contributed by atoms with van der Waals surface area (Å²) < 4.78 is 1.60. The van der Waals surface area contributed by atoms with Crippen molar-refractivity contribution < 1.29 is 9.59 Å². The number of nitrogen functional groups attached to an aromatic ring is 1. The van der Waals surface area contributed by atoms with E-state index in [-0.39, 0.29) is 5.91 Å². The summed E-state index contributed by atoms with van der Waals surface area (Å²) in [5.41, 5.74) is 8.55. The number of carbonyl (C=O) groups excluding carboxylic acids is 2. The zero-order valence-corrected chi connectivity index (χ0v) is 11.0. The summed E-state index contributed by atoms with van der Waals surface area (Å²) in [6.07, 6.45) is 2.99. The third-order valence-corrected chi connectivity index (χ3v) is 3.72. The molecule has 2 aromatic heterocycles. The Hall–Kier alpha value is -2.19. The monoisotopic (exact) mass is 279 g/mol. The Morgan fingerprint density at radius 1 is 1.53 bits per heavy atom. The number of hydrazine groups is 1. The summed E-state index contributed by atoms with van der Waals surface area (Å²) in [4.78, 5) is 23.9. The van der Waals surface area contributed by atoms with Gasteiger partial charge in [0, 0.05) is 11.1 Å². The molecule has 100 valence electrons. The number of carbonyl (C=O) groups is 2.